The Bertz CT molecular complexity index is 812. The summed E-state index contributed by atoms with van der Waals surface area (Å²) in [6.07, 6.45) is 5.28. The van der Waals surface area contributed by atoms with Gasteiger partial charge in [-0.25, -0.2) is 9.97 Å². The van der Waals surface area contributed by atoms with Gasteiger partial charge in [-0.15, -0.1) is 11.3 Å². The maximum absolute atomic E-state index is 5.81. The molecule has 3 aromatic heterocycles. The molecular formula is C17H20N4OS. The lowest BCUT2D eigenvalue weighted by atomic mass is 10.00. The van der Waals surface area contributed by atoms with Crippen LogP contribution in [0.4, 0.5) is 5.82 Å². The van der Waals surface area contributed by atoms with E-state index >= 15 is 0 Å². The number of hydrogen-bond donors (Lipinski definition) is 1. The Morgan fingerprint density at radius 3 is 3.00 bits per heavy atom. The lowest BCUT2D eigenvalue weighted by Crippen LogP contribution is -2.48. The molecule has 23 heavy (non-hydrogen) atoms. The van der Waals surface area contributed by atoms with Gasteiger partial charge < -0.3 is 9.32 Å². The third-order valence-corrected chi connectivity index (χ3v) is 5.33. The highest BCUT2D eigenvalue weighted by Crippen LogP contribution is 2.31. The molecule has 3 aromatic rings. The summed E-state index contributed by atoms with van der Waals surface area (Å²) in [5, 5.41) is 6.91. The van der Waals surface area contributed by atoms with Crippen LogP contribution in [0.3, 0.4) is 0 Å². The number of nitrogens with zero attached hydrogens (tertiary/aromatic N) is 3. The molecule has 0 spiro atoms. The number of aromatic nitrogens is 2. The third-order valence-electron chi connectivity index (χ3n) is 4.51. The monoisotopic (exact) mass is 328 g/mol. The van der Waals surface area contributed by atoms with Crippen LogP contribution in [0.15, 0.2) is 34.3 Å². The fourth-order valence-electron chi connectivity index (χ4n) is 3.29. The van der Waals surface area contributed by atoms with E-state index in [1.807, 2.05) is 13.0 Å². The number of thiophene rings is 1. The zero-order valence-electron chi connectivity index (χ0n) is 13.3. The van der Waals surface area contributed by atoms with Gasteiger partial charge in [0.2, 0.25) is 0 Å². The molecule has 1 N–H and O–H groups in total. The second kappa shape index (κ2) is 5.94. The Morgan fingerprint density at radius 1 is 1.26 bits per heavy atom. The summed E-state index contributed by atoms with van der Waals surface area (Å²) in [6.45, 7) is 1.99. The van der Waals surface area contributed by atoms with Crippen LogP contribution in [0.1, 0.15) is 36.8 Å². The summed E-state index contributed by atoms with van der Waals surface area (Å²) in [5.74, 6) is 2.99. The predicted molar refractivity (Wildman–Crippen MR) is 92.8 cm³/mol. The number of anilines is 1. The lowest BCUT2D eigenvalue weighted by Gasteiger charge is -2.36. The number of hydrogen-bond acceptors (Lipinski definition) is 6. The quantitative estimate of drug-likeness (QED) is 0.791. The fraction of sp³-hybridized carbons (Fsp3) is 0.412. The minimum absolute atomic E-state index is 0.247. The molecule has 0 aliphatic carbocycles. The molecule has 0 amide bonds. The summed E-state index contributed by atoms with van der Waals surface area (Å²) >= 11 is 1.65. The number of rotatable bonds is 3. The Kier molecular flexibility index (Phi) is 3.79. The largest absolute Gasteiger partial charge is 0.465 e. The summed E-state index contributed by atoms with van der Waals surface area (Å²) < 4.78 is 5.81. The van der Waals surface area contributed by atoms with Crippen molar-refractivity contribution in [3.63, 3.8) is 0 Å². The maximum atomic E-state index is 5.81. The molecule has 0 aromatic carbocycles. The molecule has 120 valence electrons. The van der Waals surface area contributed by atoms with Crippen molar-refractivity contribution in [3.05, 3.63) is 41.4 Å². The van der Waals surface area contributed by atoms with Crippen LogP contribution >= 0.6 is 11.3 Å². The van der Waals surface area contributed by atoms with Gasteiger partial charge in [0, 0.05) is 7.05 Å². The SMILES string of the molecule is Cc1ccc(C2CCCC(N(C)c3ncnc4sccc34)N2)o1. The van der Waals surface area contributed by atoms with Crippen LogP contribution in [0.5, 0.6) is 0 Å². The second-order valence-corrected chi connectivity index (χ2v) is 6.96. The van der Waals surface area contributed by atoms with Crippen LogP contribution in [0.2, 0.25) is 0 Å². The first-order valence-corrected chi connectivity index (χ1v) is 8.84. The molecule has 2 unspecified atom stereocenters. The van der Waals surface area contributed by atoms with Gasteiger partial charge in [0.05, 0.1) is 17.6 Å². The highest BCUT2D eigenvalue weighted by molar-refractivity contribution is 7.16. The first kappa shape index (κ1) is 14.7. The molecule has 4 heterocycles. The fourth-order valence-corrected chi connectivity index (χ4v) is 4.02. The van der Waals surface area contributed by atoms with E-state index in [4.69, 9.17) is 4.42 Å². The van der Waals surface area contributed by atoms with E-state index in [2.05, 4.69) is 44.7 Å². The van der Waals surface area contributed by atoms with Crippen molar-refractivity contribution >= 4 is 27.4 Å². The van der Waals surface area contributed by atoms with Crippen molar-refractivity contribution < 1.29 is 4.42 Å². The average molecular weight is 328 g/mol. The van der Waals surface area contributed by atoms with Crippen molar-refractivity contribution in [3.8, 4) is 0 Å². The summed E-state index contributed by atoms with van der Waals surface area (Å²) in [4.78, 5) is 12.1. The van der Waals surface area contributed by atoms with Gasteiger partial charge in [0.25, 0.3) is 0 Å². The second-order valence-electron chi connectivity index (χ2n) is 6.06. The molecule has 4 rings (SSSR count). The summed E-state index contributed by atoms with van der Waals surface area (Å²) in [5.41, 5.74) is 0. The molecule has 1 fully saturated rings. The van der Waals surface area contributed by atoms with Crippen LogP contribution in [-0.4, -0.2) is 23.2 Å². The van der Waals surface area contributed by atoms with Crippen molar-refractivity contribution in [2.45, 2.75) is 38.4 Å². The minimum Gasteiger partial charge on any atom is -0.465 e. The number of nitrogens with one attached hydrogen (secondary N) is 1. The summed E-state index contributed by atoms with van der Waals surface area (Å²) in [6, 6.07) is 6.48. The van der Waals surface area contributed by atoms with Gasteiger partial charge in [0.15, 0.2) is 0 Å². The van der Waals surface area contributed by atoms with Crippen LogP contribution in [0.25, 0.3) is 10.2 Å². The zero-order chi connectivity index (χ0) is 15.8. The van der Waals surface area contributed by atoms with Crippen molar-refractivity contribution in [2.24, 2.45) is 0 Å². The van der Waals surface area contributed by atoms with Crippen molar-refractivity contribution in [1.29, 1.82) is 0 Å². The van der Waals surface area contributed by atoms with Crippen molar-refractivity contribution in [1.82, 2.24) is 15.3 Å². The van der Waals surface area contributed by atoms with Gasteiger partial charge >= 0.3 is 0 Å². The third kappa shape index (κ3) is 2.72. The van der Waals surface area contributed by atoms with E-state index < -0.39 is 0 Å². The molecule has 0 radical (unpaired) electrons. The Hall–Kier alpha value is -1.92. The maximum Gasteiger partial charge on any atom is 0.141 e. The molecule has 5 nitrogen and oxygen atoms in total. The van der Waals surface area contributed by atoms with E-state index in [1.54, 1.807) is 17.7 Å². The standard InChI is InChI=1S/C17H20N4OS/c1-11-6-7-14(22-11)13-4-3-5-15(20-13)21(2)16-12-8-9-23-17(12)19-10-18-16/h6-10,13,15,20H,3-5H2,1-2H3. The molecule has 2 atom stereocenters. The van der Waals surface area contributed by atoms with Gasteiger partial charge in [-0.2, -0.15) is 0 Å². The molecule has 0 bridgehead atoms. The van der Waals surface area contributed by atoms with Crippen LogP contribution in [0, 0.1) is 6.92 Å². The highest BCUT2D eigenvalue weighted by atomic mass is 32.1. The van der Waals surface area contributed by atoms with E-state index in [-0.39, 0.29) is 12.2 Å². The first-order chi connectivity index (χ1) is 11.2. The zero-order valence-corrected chi connectivity index (χ0v) is 14.1. The number of fused-ring (bicyclic) bond motifs is 1. The Balaban J connectivity index is 1.58. The minimum atomic E-state index is 0.247. The van der Waals surface area contributed by atoms with Gasteiger partial charge in [-0.1, -0.05) is 0 Å². The topological polar surface area (TPSA) is 54.2 Å². The number of furan rings is 1. The van der Waals surface area contributed by atoms with E-state index in [0.717, 1.165) is 40.4 Å². The predicted octanol–water partition coefficient (Wildman–Crippen LogP) is 3.87. The van der Waals surface area contributed by atoms with E-state index in [1.165, 1.54) is 6.42 Å². The Morgan fingerprint density at radius 2 is 2.17 bits per heavy atom. The molecule has 1 saturated heterocycles. The average Bonchev–Trinajstić information content (AvgIpc) is 3.22. The number of aryl methyl sites for hydroxylation is 1. The molecule has 1 aliphatic heterocycles. The molecule has 0 saturated carbocycles. The van der Waals surface area contributed by atoms with E-state index in [0.29, 0.717) is 0 Å². The van der Waals surface area contributed by atoms with E-state index in [9.17, 15) is 0 Å². The summed E-state index contributed by atoms with van der Waals surface area (Å²) in [7, 11) is 2.10. The smallest absolute Gasteiger partial charge is 0.141 e. The van der Waals surface area contributed by atoms with Crippen LogP contribution < -0.4 is 10.2 Å². The van der Waals surface area contributed by atoms with Gasteiger partial charge in [0.1, 0.15) is 28.5 Å². The van der Waals surface area contributed by atoms with Crippen LogP contribution in [-0.2, 0) is 0 Å². The molecule has 6 heteroatoms. The Labute approximate surface area is 139 Å². The normalized spacial score (nSPS) is 21.7. The molecular weight excluding hydrogens is 308 g/mol. The van der Waals surface area contributed by atoms with Gasteiger partial charge in [-0.3, -0.25) is 5.32 Å². The first-order valence-electron chi connectivity index (χ1n) is 7.96. The molecule has 1 aliphatic rings. The highest BCUT2D eigenvalue weighted by Gasteiger charge is 2.28. The number of piperidine rings is 1. The van der Waals surface area contributed by atoms with Crippen molar-refractivity contribution in [2.75, 3.05) is 11.9 Å². The van der Waals surface area contributed by atoms with Gasteiger partial charge in [-0.05, 0) is 49.8 Å². The lowest BCUT2D eigenvalue weighted by molar-refractivity contribution is 0.284.